The quantitative estimate of drug-likeness (QED) is 0.143. The fraction of sp³-hybridized carbons (Fsp3) is 0.324. The Balaban J connectivity index is 1.44. The topological polar surface area (TPSA) is 111 Å². The van der Waals surface area contributed by atoms with Crippen LogP contribution in [0, 0.1) is 6.92 Å². The molecule has 9 heteroatoms. The monoisotopic (exact) mass is 586 g/mol. The first-order valence-corrected chi connectivity index (χ1v) is 14.5. The molecular formula is C34H38N2O7. The van der Waals surface area contributed by atoms with Gasteiger partial charge < -0.3 is 23.7 Å². The molecule has 1 heterocycles. The Morgan fingerprint density at radius 2 is 1.60 bits per heavy atom. The number of carboxylic acids is 1. The van der Waals surface area contributed by atoms with Crippen LogP contribution in [0.2, 0.25) is 0 Å². The molecular weight excluding hydrogens is 548 g/mol. The van der Waals surface area contributed by atoms with Crippen molar-refractivity contribution in [1.82, 2.24) is 9.88 Å². The fourth-order valence-corrected chi connectivity index (χ4v) is 4.76. The van der Waals surface area contributed by atoms with E-state index in [4.69, 9.17) is 18.6 Å². The molecule has 4 rings (SSSR count). The Morgan fingerprint density at radius 3 is 2.26 bits per heavy atom. The van der Waals surface area contributed by atoms with E-state index in [2.05, 4.69) is 11.9 Å². The van der Waals surface area contributed by atoms with E-state index in [1.165, 1.54) is 4.90 Å². The number of amides is 1. The van der Waals surface area contributed by atoms with Crippen molar-refractivity contribution in [3.8, 4) is 28.7 Å². The van der Waals surface area contributed by atoms with Gasteiger partial charge in [-0.1, -0.05) is 56.5 Å². The maximum absolute atomic E-state index is 13.3. The number of unbranched alkanes of at least 4 members (excludes halogenated alkanes) is 2. The van der Waals surface area contributed by atoms with Crippen LogP contribution in [-0.4, -0.2) is 47.3 Å². The maximum Gasteiger partial charge on any atom is 0.416 e. The second-order valence-electron chi connectivity index (χ2n) is 10.1. The van der Waals surface area contributed by atoms with E-state index in [0.29, 0.717) is 42.6 Å². The van der Waals surface area contributed by atoms with E-state index < -0.39 is 24.6 Å². The van der Waals surface area contributed by atoms with E-state index in [1.54, 1.807) is 31.4 Å². The lowest BCUT2D eigenvalue weighted by Crippen LogP contribution is -2.40. The van der Waals surface area contributed by atoms with Gasteiger partial charge in [0.25, 0.3) is 0 Å². The van der Waals surface area contributed by atoms with Gasteiger partial charge in [-0.15, -0.1) is 0 Å². The summed E-state index contributed by atoms with van der Waals surface area (Å²) in [6.07, 6.45) is 3.22. The van der Waals surface area contributed by atoms with Gasteiger partial charge in [-0.25, -0.2) is 9.78 Å². The highest BCUT2D eigenvalue weighted by Crippen LogP contribution is 2.30. The number of aryl methyl sites for hydroxylation is 1. The Kier molecular flexibility index (Phi) is 11.2. The van der Waals surface area contributed by atoms with Crippen LogP contribution < -0.4 is 14.2 Å². The van der Waals surface area contributed by atoms with Crippen LogP contribution in [0.1, 0.15) is 55.7 Å². The molecule has 3 aromatic carbocycles. The average Bonchev–Trinajstić information content (AvgIpc) is 3.39. The first kappa shape index (κ1) is 31.2. The van der Waals surface area contributed by atoms with Gasteiger partial charge in [0.1, 0.15) is 29.6 Å². The number of carbonyl (C=O) groups excluding carboxylic acids is 1. The number of rotatable bonds is 15. The molecule has 0 radical (unpaired) electrons. The van der Waals surface area contributed by atoms with Crippen LogP contribution in [0.4, 0.5) is 4.79 Å². The van der Waals surface area contributed by atoms with E-state index >= 15 is 0 Å². The number of hydrogen-bond donors (Lipinski definition) is 1. The molecule has 0 aliphatic heterocycles. The highest BCUT2D eigenvalue weighted by atomic mass is 16.6. The summed E-state index contributed by atoms with van der Waals surface area (Å²) in [6, 6.07) is 23.2. The molecule has 4 aromatic rings. The lowest BCUT2D eigenvalue weighted by Gasteiger charge is -2.30. The number of aliphatic carboxylic acids is 1. The lowest BCUT2D eigenvalue weighted by atomic mass is 9.98. The zero-order valence-corrected chi connectivity index (χ0v) is 24.8. The molecule has 0 aliphatic rings. The molecule has 226 valence electrons. The van der Waals surface area contributed by atoms with Crippen LogP contribution in [0.25, 0.3) is 11.5 Å². The number of methoxy groups -OCH3 is 1. The molecule has 0 saturated heterocycles. The van der Waals surface area contributed by atoms with Crippen molar-refractivity contribution in [2.75, 3.05) is 20.3 Å². The van der Waals surface area contributed by atoms with Crippen LogP contribution in [-0.2, 0) is 11.2 Å². The summed E-state index contributed by atoms with van der Waals surface area (Å²) in [5.41, 5.74) is 2.56. The molecule has 0 unspecified atom stereocenters. The maximum atomic E-state index is 13.3. The summed E-state index contributed by atoms with van der Waals surface area (Å²) in [6.45, 7) is 3.90. The van der Waals surface area contributed by atoms with Gasteiger partial charge in [-0.2, -0.15) is 0 Å². The van der Waals surface area contributed by atoms with Gasteiger partial charge in [0, 0.05) is 12.0 Å². The first-order chi connectivity index (χ1) is 20.9. The second-order valence-corrected chi connectivity index (χ2v) is 10.1. The number of oxazole rings is 1. The number of aromatic nitrogens is 1. The van der Waals surface area contributed by atoms with Crippen molar-refractivity contribution in [3.05, 3.63) is 95.9 Å². The van der Waals surface area contributed by atoms with Crippen molar-refractivity contribution < 1.29 is 33.3 Å². The summed E-state index contributed by atoms with van der Waals surface area (Å²) in [4.78, 5) is 31.0. The molecule has 0 aliphatic carbocycles. The average molecular weight is 587 g/mol. The lowest BCUT2D eigenvalue weighted by molar-refractivity contribution is -0.138. The number of nitrogens with zero attached hydrogens (tertiary/aromatic N) is 2. The van der Waals surface area contributed by atoms with Crippen molar-refractivity contribution in [2.24, 2.45) is 0 Å². The van der Waals surface area contributed by atoms with Gasteiger partial charge in [-0.05, 0) is 67.4 Å². The van der Waals surface area contributed by atoms with Crippen molar-refractivity contribution in [3.63, 3.8) is 0 Å². The summed E-state index contributed by atoms with van der Waals surface area (Å²) in [5.74, 6) is 1.80. The minimum absolute atomic E-state index is 0.301. The molecule has 0 spiro atoms. The molecule has 0 fully saturated rings. The summed E-state index contributed by atoms with van der Waals surface area (Å²) >= 11 is 0. The Labute approximate surface area is 252 Å². The Bertz CT molecular complexity index is 1450. The van der Waals surface area contributed by atoms with Gasteiger partial charge in [0.2, 0.25) is 5.89 Å². The van der Waals surface area contributed by atoms with Crippen molar-refractivity contribution >= 4 is 12.1 Å². The number of benzene rings is 3. The van der Waals surface area contributed by atoms with Crippen LogP contribution in [0.15, 0.2) is 83.3 Å². The third-order valence-corrected chi connectivity index (χ3v) is 7.05. The van der Waals surface area contributed by atoms with E-state index in [-0.39, 0.29) is 0 Å². The van der Waals surface area contributed by atoms with E-state index in [9.17, 15) is 14.7 Å². The molecule has 1 amide bonds. The predicted molar refractivity (Wildman–Crippen MR) is 163 cm³/mol. The van der Waals surface area contributed by atoms with Crippen LogP contribution in [0.5, 0.6) is 17.2 Å². The standard InChI is InChI=1S/C34H38N2O7/c1-4-5-7-12-31(36(23-32(37)38)34(39)43-29-19-17-27(40-3)18-20-29)25-13-15-28(16-14-25)41-22-21-30-24(2)42-33(35-30)26-10-8-6-9-11-26/h6,8-11,13-20,31H,4-5,7,12,21-23H2,1-3H3,(H,37,38)/t31-/m0/s1. The highest BCUT2D eigenvalue weighted by molar-refractivity contribution is 5.78. The van der Waals surface area contributed by atoms with Crippen LogP contribution in [0.3, 0.4) is 0 Å². The smallest absolute Gasteiger partial charge is 0.416 e. The summed E-state index contributed by atoms with van der Waals surface area (Å²) in [5, 5.41) is 9.66. The molecule has 0 bridgehead atoms. The Hall–Kier alpha value is -4.79. The van der Waals surface area contributed by atoms with Gasteiger partial charge in [0.05, 0.1) is 25.5 Å². The van der Waals surface area contributed by atoms with Gasteiger partial charge >= 0.3 is 12.1 Å². The molecule has 0 saturated carbocycles. The van der Waals surface area contributed by atoms with E-state index in [1.807, 2.05) is 61.5 Å². The number of carbonyl (C=O) groups is 2. The number of hydrogen-bond acceptors (Lipinski definition) is 7. The highest BCUT2D eigenvalue weighted by Gasteiger charge is 2.29. The predicted octanol–water partition coefficient (Wildman–Crippen LogP) is 7.49. The normalized spacial score (nSPS) is 11.5. The number of carboxylic acid groups (broad SMARTS) is 1. The first-order valence-electron chi connectivity index (χ1n) is 14.5. The second kappa shape index (κ2) is 15.4. The third kappa shape index (κ3) is 8.85. The zero-order valence-electron chi connectivity index (χ0n) is 24.8. The van der Waals surface area contributed by atoms with Crippen LogP contribution >= 0.6 is 0 Å². The third-order valence-electron chi connectivity index (χ3n) is 7.05. The Morgan fingerprint density at radius 1 is 0.930 bits per heavy atom. The molecule has 1 atom stereocenters. The fourth-order valence-electron chi connectivity index (χ4n) is 4.76. The summed E-state index contributed by atoms with van der Waals surface area (Å²) in [7, 11) is 1.55. The molecule has 43 heavy (non-hydrogen) atoms. The van der Waals surface area contributed by atoms with Gasteiger partial charge in [0.15, 0.2) is 0 Å². The van der Waals surface area contributed by atoms with Crippen molar-refractivity contribution in [2.45, 2.75) is 52.0 Å². The SMILES string of the molecule is CCCCC[C@@H](c1ccc(OCCc2nc(-c3ccccc3)oc2C)cc1)N(CC(=O)O)C(=O)Oc1ccc(OC)cc1. The molecule has 1 N–H and O–H groups in total. The number of ether oxygens (including phenoxy) is 3. The van der Waals surface area contributed by atoms with E-state index in [0.717, 1.165) is 41.8 Å². The minimum atomic E-state index is -1.12. The molecule has 9 nitrogen and oxygen atoms in total. The zero-order chi connectivity index (χ0) is 30.6. The molecule has 1 aromatic heterocycles. The van der Waals surface area contributed by atoms with Gasteiger partial charge in [-0.3, -0.25) is 9.69 Å². The van der Waals surface area contributed by atoms with Crippen molar-refractivity contribution in [1.29, 1.82) is 0 Å². The largest absolute Gasteiger partial charge is 0.497 e. The summed E-state index contributed by atoms with van der Waals surface area (Å²) < 4.78 is 22.6. The minimum Gasteiger partial charge on any atom is -0.497 e.